The number of rotatable bonds is 6. The molecule has 3 aromatic rings. The Morgan fingerprint density at radius 2 is 1.83 bits per heavy atom. The SMILES string of the molecule is CN=C(NCc1ncc(-c2ccccc2)[nH]1)NCC1(c2ccccc2F)CC1.I. The normalized spacial score (nSPS) is 14.8. The minimum Gasteiger partial charge on any atom is -0.356 e. The van der Waals surface area contributed by atoms with Crippen molar-refractivity contribution in [2.24, 2.45) is 4.99 Å². The summed E-state index contributed by atoms with van der Waals surface area (Å²) in [5.74, 6) is 1.38. The minimum absolute atomic E-state index is 0. The van der Waals surface area contributed by atoms with Crippen molar-refractivity contribution < 1.29 is 4.39 Å². The lowest BCUT2D eigenvalue weighted by atomic mass is 9.95. The molecule has 0 unspecified atom stereocenters. The van der Waals surface area contributed by atoms with Gasteiger partial charge in [0.05, 0.1) is 18.4 Å². The number of hydrogen-bond acceptors (Lipinski definition) is 2. The van der Waals surface area contributed by atoms with Crippen LogP contribution in [0, 0.1) is 5.82 Å². The molecule has 7 heteroatoms. The van der Waals surface area contributed by atoms with E-state index in [-0.39, 0.29) is 35.2 Å². The molecule has 1 aromatic heterocycles. The van der Waals surface area contributed by atoms with Crippen molar-refractivity contribution in [3.63, 3.8) is 0 Å². The molecule has 0 amide bonds. The predicted molar refractivity (Wildman–Crippen MR) is 125 cm³/mol. The van der Waals surface area contributed by atoms with Crippen molar-refractivity contribution in [1.82, 2.24) is 20.6 Å². The van der Waals surface area contributed by atoms with E-state index < -0.39 is 0 Å². The first kappa shape index (κ1) is 21.3. The second kappa shape index (κ2) is 9.39. The number of nitrogens with zero attached hydrogens (tertiary/aromatic N) is 2. The van der Waals surface area contributed by atoms with Crippen LogP contribution in [0.15, 0.2) is 65.8 Å². The second-order valence-electron chi connectivity index (χ2n) is 7.15. The standard InChI is InChI=1S/C22H24FN5.HI/c1-24-21(27-15-22(11-12-22)17-9-5-6-10-18(17)23)26-14-20-25-13-19(28-20)16-7-3-2-4-8-16;/h2-10,13H,11-12,14-15H2,1H3,(H,25,28)(H2,24,26,27);1H. The van der Waals surface area contributed by atoms with Gasteiger partial charge in [0.1, 0.15) is 11.6 Å². The van der Waals surface area contributed by atoms with Crippen LogP contribution in [0.3, 0.4) is 0 Å². The van der Waals surface area contributed by atoms with Gasteiger partial charge in [0.25, 0.3) is 0 Å². The molecular weight excluding hydrogens is 480 g/mol. The number of benzene rings is 2. The highest BCUT2D eigenvalue weighted by molar-refractivity contribution is 14.0. The molecular formula is C22H25FIN5. The van der Waals surface area contributed by atoms with Crippen LogP contribution in [0.2, 0.25) is 0 Å². The molecule has 3 N–H and O–H groups in total. The lowest BCUT2D eigenvalue weighted by molar-refractivity contribution is 0.559. The van der Waals surface area contributed by atoms with Gasteiger partial charge in [0.15, 0.2) is 5.96 Å². The number of aromatic amines is 1. The number of halogens is 2. The number of hydrogen-bond donors (Lipinski definition) is 3. The average Bonchev–Trinajstić information content (AvgIpc) is 3.37. The summed E-state index contributed by atoms with van der Waals surface area (Å²) >= 11 is 0. The molecule has 5 nitrogen and oxygen atoms in total. The van der Waals surface area contributed by atoms with E-state index in [0.29, 0.717) is 19.0 Å². The van der Waals surface area contributed by atoms with Gasteiger partial charge in [-0.3, -0.25) is 4.99 Å². The van der Waals surface area contributed by atoms with E-state index in [2.05, 4.69) is 25.6 Å². The van der Waals surface area contributed by atoms with Gasteiger partial charge in [0.2, 0.25) is 0 Å². The van der Waals surface area contributed by atoms with Gasteiger partial charge < -0.3 is 15.6 Å². The van der Waals surface area contributed by atoms with Crippen molar-refractivity contribution in [3.8, 4) is 11.3 Å². The third kappa shape index (κ3) is 4.95. The van der Waals surface area contributed by atoms with Crippen LogP contribution in [0.4, 0.5) is 4.39 Å². The van der Waals surface area contributed by atoms with Gasteiger partial charge >= 0.3 is 0 Å². The highest BCUT2D eigenvalue weighted by Crippen LogP contribution is 2.48. The Balaban J connectivity index is 0.00000240. The summed E-state index contributed by atoms with van der Waals surface area (Å²) < 4.78 is 14.2. The summed E-state index contributed by atoms with van der Waals surface area (Å²) in [5.41, 5.74) is 2.74. The van der Waals surface area contributed by atoms with Gasteiger partial charge in [-0.2, -0.15) is 0 Å². The summed E-state index contributed by atoms with van der Waals surface area (Å²) in [5, 5.41) is 6.61. The molecule has 0 bridgehead atoms. The number of nitrogens with one attached hydrogen (secondary N) is 3. The topological polar surface area (TPSA) is 65.1 Å². The maximum Gasteiger partial charge on any atom is 0.191 e. The van der Waals surface area contributed by atoms with E-state index in [1.54, 1.807) is 13.1 Å². The zero-order chi connectivity index (χ0) is 19.4. The van der Waals surface area contributed by atoms with Crippen LogP contribution >= 0.6 is 24.0 Å². The number of H-pyrrole nitrogens is 1. The van der Waals surface area contributed by atoms with Crippen LogP contribution in [0.1, 0.15) is 24.2 Å². The first-order valence-electron chi connectivity index (χ1n) is 9.49. The Bertz CT molecular complexity index is 966. The van der Waals surface area contributed by atoms with E-state index in [0.717, 1.165) is 35.5 Å². The fourth-order valence-corrected chi connectivity index (χ4v) is 3.44. The maximum atomic E-state index is 14.2. The molecule has 1 aliphatic carbocycles. The maximum absolute atomic E-state index is 14.2. The first-order chi connectivity index (χ1) is 13.7. The summed E-state index contributed by atoms with van der Waals surface area (Å²) in [6.07, 6.45) is 3.80. The molecule has 1 fully saturated rings. The molecule has 0 radical (unpaired) electrons. The molecule has 0 aliphatic heterocycles. The molecule has 0 atom stereocenters. The smallest absolute Gasteiger partial charge is 0.191 e. The molecule has 1 saturated carbocycles. The van der Waals surface area contributed by atoms with Crippen LogP contribution in [0.5, 0.6) is 0 Å². The quantitative estimate of drug-likeness (QED) is 0.267. The molecule has 4 rings (SSSR count). The number of aromatic nitrogens is 2. The van der Waals surface area contributed by atoms with Crippen LogP contribution < -0.4 is 10.6 Å². The van der Waals surface area contributed by atoms with Crippen molar-refractivity contribution in [2.75, 3.05) is 13.6 Å². The molecule has 0 spiro atoms. The molecule has 152 valence electrons. The molecule has 1 aliphatic rings. The summed E-state index contributed by atoms with van der Waals surface area (Å²) in [6.45, 7) is 1.18. The number of guanidine groups is 1. The fraction of sp³-hybridized carbons (Fsp3) is 0.273. The van der Waals surface area contributed by atoms with Gasteiger partial charge in [0, 0.05) is 19.0 Å². The van der Waals surface area contributed by atoms with Crippen LogP contribution in [-0.2, 0) is 12.0 Å². The highest BCUT2D eigenvalue weighted by atomic mass is 127. The van der Waals surface area contributed by atoms with Gasteiger partial charge in [-0.25, -0.2) is 9.37 Å². The molecule has 1 heterocycles. The Morgan fingerprint density at radius 3 is 2.52 bits per heavy atom. The third-order valence-electron chi connectivity index (χ3n) is 5.25. The van der Waals surface area contributed by atoms with Gasteiger partial charge in [-0.1, -0.05) is 48.5 Å². The Morgan fingerprint density at radius 1 is 1.10 bits per heavy atom. The van der Waals surface area contributed by atoms with Gasteiger partial charge in [-0.05, 0) is 30.0 Å². The Hall–Kier alpha value is -2.42. The van der Waals surface area contributed by atoms with Crippen LogP contribution in [0.25, 0.3) is 11.3 Å². The lowest BCUT2D eigenvalue weighted by Crippen LogP contribution is -2.41. The zero-order valence-corrected chi connectivity index (χ0v) is 18.6. The minimum atomic E-state index is -0.131. The highest BCUT2D eigenvalue weighted by Gasteiger charge is 2.45. The summed E-state index contributed by atoms with van der Waals surface area (Å²) in [6, 6.07) is 17.1. The van der Waals surface area contributed by atoms with Crippen LogP contribution in [-0.4, -0.2) is 29.5 Å². The zero-order valence-electron chi connectivity index (χ0n) is 16.3. The van der Waals surface area contributed by atoms with E-state index in [1.165, 1.54) is 6.07 Å². The number of imidazole rings is 1. The van der Waals surface area contributed by atoms with Crippen molar-refractivity contribution in [2.45, 2.75) is 24.8 Å². The number of aliphatic imine (C=N–C) groups is 1. The molecule has 2 aromatic carbocycles. The van der Waals surface area contributed by atoms with Gasteiger partial charge in [-0.15, -0.1) is 24.0 Å². The largest absolute Gasteiger partial charge is 0.356 e. The second-order valence-corrected chi connectivity index (χ2v) is 7.15. The lowest BCUT2D eigenvalue weighted by Gasteiger charge is -2.19. The monoisotopic (exact) mass is 505 g/mol. The van der Waals surface area contributed by atoms with Crippen molar-refractivity contribution in [1.29, 1.82) is 0 Å². The summed E-state index contributed by atoms with van der Waals surface area (Å²) in [7, 11) is 1.73. The van der Waals surface area contributed by atoms with E-state index in [9.17, 15) is 4.39 Å². The van der Waals surface area contributed by atoms with E-state index in [1.807, 2.05) is 48.7 Å². The first-order valence-corrected chi connectivity index (χ1v) is 9.49. The Labute approximate surface area is 187 Å². The van der Waals surface area contributed by atoms with Crippen molar-refractivity contribution in [3.05, 3.63) is 78.0 Å². The molecule has 0 saturated heterocycles. The average molecular weight is 505 g/mol. The predicted octanol–water partition coefficient (Wildman–Crippen LogP) is 4.23. The summed E-state index contributed by atoms with van der Waals surface area (Å²) in [4.78, 5) is 12.0. The Kier molecular flexibility index (Phi) is 6.89. The van der Waals surface area contributed by atoms with E-state index >= 15 is 0 Å². The fourth-order valence-electron chi connectivity index (χ4n) is 3.44. The van der Waals surface area contributed by atoms with Crippen molar-refractivity contribution >= 4 is 29.9 Å². The van der Waals surface area contributed by atoms with E-state index in [4.69, 9.17) is 0 Å². The third-order valence-corrected chi connectivity index (χ3v) is 5.25. The molecule has 29 heavy (non-hydrogen) atoms.